The quantitative estimate of drug-likeness (QED) is 0.838. The number of piperazine rings is 1. The lowest BCUT2D eigenvalue weighted by Gasteiger charge is -2.35. The molecule has 25 heavy (non-hydrogen) atoms. The number of benzene rings is 1. The van der Waals surface area contributed by atoms with Crippen molar-refractivity contribution in [2.45, 2.75) is 6.42 Å². The van der Waals surface area contributed by atoms with Crippen LogP contribution in [0.25, 0.3) is 0 Å². The summed E-state index contributed by atoms with van der Waals surface area (Å²) in [6.45, 7) is 3.27. The zero-order valence-corrected chi connectivity index (χ0v) is 13.8. The number of pyridine rings is 1. The van der Waals surface area contributed by atoms with Gasteiger partial charge in [-0.3, -0.25) is 4.79 Å². The van der Waals surface area contributed by atoms with Crippen LogP contribution in [0.5, 0.6) is 5.75 Å². The van der Waals surface area contributed by atoms with Gasteiger partial charge in [0.15, 0.2) is 0 Å². The summed E-state index contributed by atoms with van der Waals surface area (Å²) in [6, 6.07) is 11.4. The fraction of sp³-hybridized carbons (Fsp3) is 0.316. The summed E-state index contributed by atoms with van der Waals surface area (Å²) in [5.41, 5.74) is 2.39. The number of aromatic nitrogens is 1. The third kappa shape index (κ3) is 2.89. The van der Waals surface area contributed by atoms with E-state index in [9.17, 15) is 10.1 Å². The number of anilines is 1. The smallest absolute Gasteiger partial charge is 0.253 e. The molecule has 2 aliphatic rings. The first-order valence-corrected chi connectivity index (χ1v) is 8.41. The summed E-state index contributed by atoms with van der Waals surface area (Å²) in [5.74, 6) is 1.64. The normalized spacial score (nSPS) is 16.1. The van der Waals surface area contributed by atoms with Crippen LogP contribution >= 0.6 is 0 Å². The van der Waals surface area contributed by atoms with E-state index in [0.717, 1.165) is 17.7 Å². The molecule has 0 aliphatic carbocycles. The average molecular weight is 334 g/mol. The van der Waals surface area contributed by atoms with Gasteiger partial charge in [0.1, 0.15) is 17.6 Å². The van der Waals surface area contributed by atoms with Gasteiger partial charge in [-0.05, 0) is 35.9 Å². The molecule has 1 saturated heterocycles. The Kier molecular flexibility index (Phi) is 3.98. The van der Waals surface area contributed by atoms with E-state index in [1.54, 1.807) is 18.3 Å². The number of carbonyl (C=O) groups excluding carboxylic acids is 1. The van der Waals surface area contributed by atoms with Crippen LogP contribution in [0.2, 0.25) is 0 Å². The van der Waals surface area contributed by atoms with Crippen molar-refractivity contribution in [2.75, 3.05) is 37.7 Å². The average Bonchev–Trinajstić information content (AvgIpc) is 3.15. The molecule has 1 amide bonds. The zero-order valence-electron chi connectivity index (χ0n) is 13.8. The van der Waals surface area contributed by atoms with Crippen molar-refractivity contribution in [1.29, 1.82) is 5.26 Å². The summed E-state index contributed by atoms with van der Waals surface area (Å²) >= 11 is 0. The first-order chi connectivity index (χ1) is 12.3. The van der Waals surface area contributed by atoms with E-state index in [4.69, 9.17) is 4.74 Å². The van der Waals surface area contributed by atoms with Crippen LogP contribution < -0.4 is 9.64 Å². The molecule has 2 aliphatic heterocycles. The maximum Gasteiger partial charge on any atom is 0.253 e. The summed E-state index contributed by atoms with van der Waals surface area (Å²) in [4.78, 5) is 21.0. The number of amides is 1. The van der Waals surface area contributed by atoms with E-state index in [2.05, 4.69) is 16.0 Å². The minimum Gasteiger partial charge on any atom is -0.493 e. The van der Waals surface area contributed by atoms with Gasteiger partial charge in [0.25, 0.3) is 5.91 Å². The number of rotatable bonds is 2. The Labute approximate surface area is 146 Å². The molecule has 1 fully saturated rings. The SMILES string of the molecule is N#Cc1cccnc1N1CCN(C(=O)c2ccc3c(c2)CCO3)CC1. The molecule has 1 aromatic heterocycles. The van der Waals surface area contributed by atoms with Gasteiger partial charge in [0.05, 0.1) is 12.2 Å². The molecular formula is C19H18N4O2. The zero-order chi connectivity index (χ0) is 17.2. The van der Waals surface area contributed by atoms with Crippen LogP contribution in [0.3, 0.4) is 0 Å². The van der Waals surface area contributed by atoms with Crippen molar-refractivity contribution >= 4 is 11.7 Å². The second-order valence-corrected chi connectivity index (χ2v) is 6.19. The van der Waals surface area contributed by atoms with Gasteiger partial charge in [-0.2, -0.15) is 5.26 Å². The van der Waals surface area contributed by atoms with E-state index in [1.807, 2.05) is 23.1 Å². The highest BCUT2D eigenvalue weighted by atomic mass is 16.5. The molecule has 126 valence electrons. The van der Waals surface area contributed by atoms with E-state index < -0.39 is 0 Å². The fourth-order valence-corrected chi connectivity index (χ4v) is 3.36. The predicted molar refractivity (Wildman–Crippen MR) is 92.7 cm³/mol. The molecule has 6 nitrogen and oxygen atoms in total. The summed E-state index contributed by atoms with van der Waals surface area (Å²) in [6.07, 6.45) is 2.56. The van der Waals surface area contributed by atoms with Crippen molar-refractivity contribution in [1.82, 2.24) is 9.88 Å². The fourth-order valence-electron chi connectivity index (χ4n) is 3.36. The van der Waals surface area contributed by atoms with E-state index in [0.29, 0.717) is 49.7 Å². The third-order valence-electron chi connectivity index (χ3n) is 4.71. The number of fused-ring (bicyclic) bond motifs is 1. The molecule has 0 radical (unpaired) electrons. The highest BCUT2D eigenvalue weighted by molar-refractivity contribution is 5.94. The molecule has 6 heteroatoms. The molecule has 0 N–H and O–H groups in total. The van der Waals surface area contributed by atoms with Crippen LogP contribution in [0.4, 0.5) is 5.82 Å². The lowest BCUT2D eigenvalue weighted by atomic mass is 10.1. The Morgan fingerprint density at radius 2 is 2.04 bits per heavy atom. The molecule has 0 atom stereocenters. The number of nitriles is 1. The van der Waals surface area contributed by atoms with Crippen molar-refractivity contribution < 1.29 is 9.53 Å². The van der Waals surface area contributed by atoms with Gasteiger partial charge in [0.2, 0.25) is 0 Å². The van der Waals surface area contributed by atoms with Gasteiger partial charge in [0, 0.05) is 44.4 Å². The molecule has 4 rings (SSSR count). The summed E-state index contributed by atoms with van der Waals surface area (Å²) in [5, 5.41) is 9.22. The predicted octanol–water partition coefficient (Wildman–Crippen LogP) is 1.85. The van der Waals surface area contributed by atoms with Crippen molar-refractivity contribution in [3.8, 4) is 11.8 Å². The lowest BCUT2D eigenvalue weighted by Crippen LogP contribution is -2.49. The highest BCUT2D eigenvalue weighted by Gasteiger charge is 2.25. The number of nitrogens with zero attached hydrogens (tertiary/aromatic N) is 4. The van der Waals surface area contributed by atoms with Gasteiger partial charge in [-0.15, -0.1) is 0 Å². The van der Waals surface area contributed by atoms with Gasteiger partial charge in [-0.25, -0.2) is 4.98 Å². The largest absolute Gasteiger partial charge is 0.493 e. The number of ether oxygens (including phenoxy) is 1. The number of hydrogen-bond donors (Lipinski definition) is 0. The Morgan fingerprint density at radius 1 is 1.20 bits per heavy atom. The minimum absolute atomic E-state index is 0.0517. The molecule has 0 spiro atoms. The van der Waals surface area contributed by atoms with Crippen LogP contribution in [0, 0.1) is 11.3 Å². The first kappa shape index (κ1) is 15.5. The lowest BCUT2D eigenvalue weighted by molar-refractivity contribution is 0.0746. The molecular weight excluding hydrogens is 316 g/mol. The van der Waals surface area contributed by atoms with E-state index >= 15 is 0 Å². The van der Waals surface area contributed by atoms with Crippen molar-refractivity contribution in [2.24, 2.45) is 0 Å². The van der Waals surface area contributed by atoms with Gasteiger partial charge >= 0.3 is 0 Å². The maximum absolute atomic E-state index is 12.8. The van der Waals surface area contributed by atoms with Gasteiger partial charge < -0.3 is 14.5 Å². The third-order valence-corrected chi connectivity index (χ3v) is 4.71. The maximum atomic E-state index is 12.8. The molecule has 2 aromatic rings. The van der Waals surface area contributed by atoms with E-state index in [1.165, 1.54) is 0 Å². The van der Waals surface area contributed by atoms with Gasteiger partial charge in [-0.1, -0.05) is 0 Å². The van der Waals surface area contributed by atoms with Crippen molar-refractivity contribution in [3.63, 3.8) is 0 Å². The Balaban J connectivity index is 1.45. The van der Waals surface area contributed by atoms with Crippen LogP contribution in [-0.4, -0.2) is 48.6 Å². The molecule has 0 saturated carbocycles. The van der Waals surface area contributed by atoms with Crippen molar-refractivity contribution in [3.05, 3.63) is 53.2 Å². The Morgan fingerprint density at radius 3 is 2.84 bits per heavy atom. The second kappa shape index (κ2) is 6.44. The molecule has 1 aromatic carbocycles. The topological polar surface area (TPSA) is 69.5 Å². The summed E-state index contributed by atoms with van der Waals surface area (Å²) in [7, 11) is 0. The monoisotopic (exact) mass is 334 g/mol. The molecule has 0 unspecified atom stereocenters. The number of carbonyl (C=O) groups is 1. The molecule has 3 heterocycles. The minimum atomic E-state index is 0.0517. The number of hydrogen-bond acceptors (Lipinski definition) is 5. The van der Waals surface area contributed by atoms with E-state index in [-0.39, 0.29) is 5.91 Å². The van der Waals surface area contributed by atoms with Crippen LogP contribution in [-0.2, 0) is 6.42 Å². The van der Waals surface area contributed by atoms with Crippen LogP contribution in [0.1, 0.15) is 21.5 Å². The molecule has 0 bridgehead atoms. The summed E-state index contributed by atoms with van der Waals surface area (Å²) < 4.78 is 5.50. The Hall–Kier alpha value is -3.07. The highest BCUT2D eigenvalue weighted by Crippen LogP contribution is 2.26. The second-order valence-electron chi connectivity index (χ2n) is 6.19. The first-order valence-electron chi connectivity index (χ1n) is 8.41. The standard InChI is InChI=1S/C19H18N4O2/c20-13-16-2-1-6-21-18(16)22-7-9-23(10-8-22)19(24)15-3-4-17-14(12-15)5-11-25-17/h1-4,6,12H,5,7-11H2. The Bertz CT molecular complexity index is 851. The van der Waals surface area contributed by atoms with Crippen LogP contribution in [0.15, 0.2) is 36.5 Å².